The van der Waals surface area contributed by atoms with Crippen LogP contribution >= 0.6 is 0 Å². The van der Waals surface area contributed by atoms with Crippen LogP contribution in [0.25, 0.3) is 4.85 Å². The number of benzene rings is 2. The Hall–Kier alpha value is -4.07. The van der Waals surface area contributed by atoms with E-state index in [4.69, 9.17) is 30.3 Å². The van der Waals surface area contributed by atoms with Crippen LogP contribution in [0, 0.1) is 6.57 Å². The summed E-state index contributed by atoms with van der Waals surface area (Å²) in [6.07, 6.45) is 5.20. The molecule has 0 radical (unpaired) electrons. The van der Waals surface area contributed by atoms with Crippen LogP contribution in [0.4, 0.5) is 5.69 Å². The number of hydrogen-bond acceptors (Lipinski definition) is 7. The third-order valence-corrected chi connectivity index (χ3v) is 5.58. The standard InChI is InChI=1S/C27H29N3O7/c1-28-20-9-10-23(24(18-20)34-17-13-30-12-11-25(31)29-27(30)32)37-22-7-4-6-21(19-22)33-15-5-16-36-26-8-2-3-14-35-26/h4,6-7,9-12,18-19,26H,2-3,5,8,13-17H2,(H,29,31,32). The average Bonchev–Trinajstić information content (AvgIpc) is 2.91. The molecule has 10 heteroatoms. The maximum atomic E-state index is 11.9. The minimum Gasteiger partial charge on any atom is -0.493 e. The summed E-state index contributed by atoms with van der Waals surface area (Å²) in [7, 11) is 0. The first-order chi connectivity index (χ1) is 18.1. The summed E-state index contributed by atoms with van der Waals surface area (Å²) >= 11 is 0. The van der Waals surface area contributed by atoms with Crippen molar-refractivity contribution in [1.82, 2.24) is 9.55 Å². The molecule has 1 aromatic heterocycles. The number of hydrogen-bond donors (Lipinski definition) is 1. The summed E-state index contributed by atoms with van der Waals surface area (Å²) in [5.74, 6) is 1.98. The quantitative estimate of drug-likeness (QED) is 0.288. The van der Waals surface area contributed by atoms with Gasteiger partial charge in [-0.25, -0.2) is 9.64 Å². The zero-order chi connectivity index (χ0) is 25.9. The Bertz CT molecular complexity index is 1320. The molecule has 1 aliphatic heterocycles. The minimum absolute atomic E-state index is 0.103. The van der Waals surface area contributed by atoms with E-state index in [1.165, 1.54) is 16.8 Å². The van der Waals surface area contributed by atoms with E-state index in [1.54, 1.807) is 30.3 Å². The van der Waals surface area contributed by atoms with Gasteiger partial charge < -0.3 is 23.7 Å². The highest BCUT2D eigenvalue weighted by Crippen LogP contribution is 2.36. The summed E-state index contributed by atoms with van der Waals surface area (Å²) in [5.41, 5.74) is -0.592. The second kappa shape index (κ2) is 13.3. The van der Waals surface area contributed by atoms with Gasteiger partial charge in [0.05, 0.1) is 26.3 Å². The molecule has 1 N–H and O–H groups in total. The van der Waals surface area contributed by atoms with Crippen LogP contribution in [0.5, 0.6) is 23.0 Å². The van der Waals surface area contributed by atoms with Crippen LogP contribution in [0.1, 0.15) is 25.7 Å². The molecule has 0 amide bonds. The van der Waals surface area contributed by atoms with Crippen LogP contribution in [0.3, 0.4) is 0 Å². The predicted octanol–water partition coefficient (Wildman–Crippen LogP) is 4.27. The largest absolute Gasteiger partial charge is 0.493 e. The van der Waals surface area contributed by atoms with Gasteiger partial charge in [0.2, 0.25) is 0 Å². The van der Waals surface area contributed by atoms with Gasteiger partial charge in [0, 0.05) is 31.4 Å². The summed E-state index contributed by atoms with van der Waals surface area (Å²) < 4.78 is 30.3. The Morgan fingerprint density at radius 3 is 2.70 bits per heavy atom. The molecule has 10 nitrogen and oxygen atoms in total. The molecule has 194 valence electrons. The van der Waals surface area contributed by atoms with Crippen LogP contribution < -0.4 is 25.5 Å². The van der Waals surface area contributed by atoms with Crippen molar-refractivity contribution in [3.63, 3.8) is 0 Å². The van der Waals surface area contributed by atoms with E-state index in [2.05, 4.69) is 9.83 Å². The first-order valence-electron chi connectivity index (χ1n) is 12.2. The van der Waals surface area contributed by atoms with Crippen molar-refractivity contribution in [3.8, 4) is 23.0 Å². The average molecular weight is 508 g/mol. The Morgan fingerprint density at radius 2 is 1.89 bits per heavy atom. The van der Waals surface area contributed by atoms with E-state index in [1.807, 2.05) is 12.1 Å². The molecule has 2 heterocycles. The second-order valence-corrected chi connectivity index (χ2v) is 8.34. The second-order valence-electron chi connectivity index (χ2n) is 8.34. The summed E-state index contributed by atoms with van der Waals surface area (Å²) in [6.45, 7) is 9.45. The molecule has 4 rings (SSSR count). The molecule has 1 aliphatic rings. The van der Waals surface area contributed by atoms with Gasteiger partial charge in [-0.3, -0.25) is 14.3 Å². The third kappa shape index (κ3) is 7.96. The Morgan fingerprint density at radius 1 is 1.00 bits per heavy atom. The summed E-state index contributed by atoms with van der Waals surface area (Å²) in [4.78, 5) is 28.7. The number of aromatic amines is 1. The van der Waals surface area contributed by atoms with Crippen molar-refractivity contribution in [1.29, 1.82) is 0 Å². The highest BCUT2D eigenvalue weighted by molar-refractivity contribution is 5.56. The lowest BCUT2D eigenvalue weighted by Crippen LogP contribution is -2.30. The molecule has 3 aromatic rings. The Labute approximate surface area is 214 Å². The van der Waals surface area contributed by atoms with Gasteiger partial charge in [0.25, 0.3) is 5.56 Å². The summed E-state index contributed by atoms with van der Waals surface area (Å²) in [5, 5.41) is 0. The monoisotopic (exact) mass is 507 g/mol. The van der Waals surface area contributed by atoms with Gasteiger partial charge >= 0.3 is 5.69 Å². The molecule has 0 aliphatic carbocycles. The molecular formula is C27H29N3O7. The van der Waals surface area contributed by atoms with E-state index in [0.29, 0.717) is 41.9 Å². The van der Waals surface area contributed by atoms with Crippen molar-refractivity contribution < 1.29 is 23.7 Å². The van der Waals surface area contributed by atoms with Gasteiger partial charge in [0.15, 0.2) is 23.5 Å². The predicted molar refractivity (Wildman–Crippen MR) is 136 cm³/mol. The molecule has 1 saturated heterocycles. The lowest BCUT2D eigenvalue weighted by molar-refractivity contribution is -0.163. The maximum Gasteiger partial charge on any atom is 0.328 e. The molecular weight excluding hydrogens is 478 g/mol. The fourth-order valence-corrected chi connectivity index (χ4v) is 3.70. The van der Waals surface area contributed by atoms with Crippen molar-refractivity contribution >= 4 is 5.69 Å². The number of aromatic nitrogens is 2. The highest BCUT2D eigenvalue weighted by Gasteiger charge is 2.13. The first kappa shape index (κ1) is 26.0. The topological polar surface area (TPSA) is 105 Å². The van der Waals surface area contributed by atoms with E-state index < -0.39 is 11.2 Å². The molecule has 2 aromatic carbocycles. The van der Waals surface area contributed by atoms with Crippen molar-refractivity contribution in [2.24, 2.45) is 0 Å². The van der Waals surface area contributed by atoms with Gasteiger partial charge in [-0.15, -0.1) is 0 Å². The zero-order valence-corrected chi connectivity index (χ0v) is 20.4. The van der Waals surface area contributed by atoms with Crippen molar-refractivity contribution in [2.75, 3.05) is 26.4 Å². The van der Waals surface area contributed by atoms with Crippen molar-refractivity contribution in [3.05, 3.63) is 87.0 Å². The highest BCUT2D eigenvalue weighted by atomic mass is 16.7. The molecule has 0 bridgehead atoms. The SMILES string of the molecule is [C-]#[N+]c1ccc(Oc2cccc(OCCCOC3CCCCO3)c2)c(OCCn2ccc(=O)[nH]c2=O)c1. The number of nitrogens with zero attached hydrogens (tertiary/aromatic N) is 2. The normalized spacial score (nSPS) is 15.1. The van der Waals surface area contributed by atoms with Gasteiger partial charge in [-0.05, 0) is 43.5 Å². The molecule has 0 saturated carbocycles. The summed E-state index contributed by atoms with van der Waals surface area (Å²) in [6, 6.07) is 13.4. The fraction of sp³-hybridized carbons (Fsp3) is 0.370. The van der Waals surface area contributed by atoms with Crippen LogP contribution in [0.15, 0.2) is 64.3 Å². The lowest BCUT2D eigenvalue weighted by atomic mass is 10.2. The van der Waals surface area contributed by atoms with Crippen molar-refractivity contribution in [2.45, 2.75) is 38.5 Å². The molecule has 1 fully saturated rings. The van der Waals surface area contributed by atoms with E-state index in [0.717, 1.165) is 32.3 Å². The minimum atomic E-state index is -0.520. The van der Waals surface area contributed by atoms with Crippen LogP contribution in [0.2, 0.25) is 0 Å². The van der Waals surface area contributed by atoms with E-state index in [9.17, 15) is 9.59 Å². The van der Waals surface area contributed by atoms with E-state index in [-0.39, 0.29) is 19.4 Å². The van der Waals surface area contributed by atoms with Gasteiger partial charge in [-0.2, -0.15) is 0 Å². The third-order valence-electron chi connectivity index (χ3n) is 5.58. The lowest BCUT2D eigenvalue weighted by Gasteiger charge is -2.22. The van der Waals surface area contributed by atoms with Crippen LogP contribution in [-0.4, -0.2) is 42.3 Å². The molecule has 0 spiro atoms. The Kier molecular flexibility index (Phi) is 9.35. The molecule has 1 unspecified atom stereocenters. The smallest absolute Gasteiger partial charge is 0.328 e. The fourth-order valence-electron chi connectivity index (χ4n) is 3.70. The molecule has 1 atom stereocenters. The maximum absolute atomic E-state index is 11.9. The number of H-pyrrole nitrogens is 1. The van der Waals surface area contributed by atoms with E-state index >= 15 is 0 Å². The van der Waals surface area contributed by atoms with Gasteiger partial charge in [0.1, 0.15) is 18.1 Å². The Balaban J connectivity index is 1.32. The van der Waals surface area contributed by atoms with Gasteiger partial charge in [-0.1, -0.05) is 12.1 Å². The zero-order valence-electron chi connectivity index (χ0n) is 20.4. The number of ether oxygens (including phenoxy) is 5. The number of rotatable bonds is 12. The number of nitrogens with one attached hydrogen (secondary N) is 1. The molecule has 37 heavy (non-hydrogen) atoms. The van der Waals surface area contributed by atoms with Crippen LogP contribution in [-0.2, 0) is 16.0 Å². The first-order valence-corrected chi connectivity index (χ1v) is 12.2.